The third-order valence-corrected chi connectivity index (χ3v) is 1.47. The summed E-state index contributed by atoms with van der Waals surface area (Å²) in [6.45, 7) is 2.18. The first-order chi connectivity index (χ1) is 3.30. The third-order valence-electron chi connectivity index (χ3n) is 1.47. The second-order valence-corrected chi connectivity index (χ2v) is 2.07. The van der Waals surface area contributed by atoms with Gasteiger partial charge in [-0.25, -0.2) is 0 Å². The molecule has 1 heteroatoms. The van der Waals surface area contributed by atoms with Crippen LogP contribution in [0.3, 0.4) is 0 Å². The first-order valence-electron chi connectivity index (χ1n) is 2.63. The van der Waals surface area contributed by atoms with Gasteiger partial charge in [-0.05, 0) is 13.3 Å². The third kappa shape index (κ3) is 0.765. The second-order valence-electron chi connectivity index (χ2n) is 2.07. The van der Waals surface area contributed by atoms with Crippen LogP contribution < -0.4 is 0 Å². The van der Waals surface area contributed by atoms with E-state index in [1.807, 2.05) is 0 Å². The lowest BCUT2D eigenvalue weighted by Crippen LogP contribution is -1.73. The van der Waals surface area contributed by atoms with Crippen molar-refractivity contribution >= 4 is 7.85 Å². The molecule has 0 bridgehead atoms. The molecule has 0 atom stereocenters. The molecule has 0 saturated heterocycles. The number of hydrogen-bond donors (Lipinski definition) is 0. The van der Waals surface area contributed by atoms with Gasteiger partial charge in [-0.2, -0.15) is 0 Å². The Kier molecular flexibility index (Phi) is 1.05. The van der Waals surface area contributed by atoms with Gasteiger partial charge < -0.3 is 0 Å². The standard InChI is InChI=1S/C6H9B/c1-5-3-2-4-6(5)7/h2,4H,3,7H2,1H3. The van der Waals surface area contributed by atoms with Crippen molar-refractivity contribution in [3.8, 4) is 0 Å². The van der Waals surface area contributed by atoms with Gasteiger partial charge in [0, 0.05) is 0 Å². The Morgan fingerprint density at radius 3 is 2.57 bits per heavy atom. The average Bonchev–Trinajstić information content (AvgIpc) is 1.91. The minimum atomic E-state index is 1.17. The molecule has 0 N–H and O–H groups in total. The zero-order chi connectivity index (χ0) is 5.28. The van der Waals surface area contributed by atoms with Crippen molar-refractivity contribution in [3.63, 3.8) is 0 Å². The average molecular weight is 91.9 g/mol. The van der Waals surface area contributed by atoms with Crippen LogP contribution >= 0.6 is 0 Å². The van der Waals surface area contributed by atoms with Crippen LogP contribution in [0.25, 0.3) is 0 Å². The van der Waals surface area contributed by atoms with E-state index in [-0.39, 0.29) is 0 Å². The zero-order valence-electron chi connectivity index (χ0n) is 4.86. The Balaban J connectivity index is 2.79. The summed E-state index contributed by atoms with van der Waals surface area (Å²) < 4.78 is 0. The summed E-state index contributed by atoms with van der Waals surface area (Å²) in [7, 11) is 2.15. The summed E-state index contributed by atoms with van der Waals surface area (Å²) in [6.07, 6.45) is 5.55. The van der Waals surface area contributed by atoms with Crippen molar-refractivity contribution in [3.05, 3.63) is 23.2 Å². The predicted octanol–water partition coefficient (Wildman–Crippen LogP) is 0.853. The zero-order valence-corrected chi connectivity index (χ0v) is 4.86. The van der Waals surface area contributed by atoms with Gasteiger partial charge in [-0.3, -0.25) is 0 Å². The Morgan fingerprint density at radius 1 is 1.71 bits per heavy atom. The second kappa shape index (κ2) is 1.57. The molecule has 0 unspecified atom stereocenters. The monoisotopic (exact) mass is 92.1 g/mol. The van der Waals surface area contributed by atoms with E-state index in [9.17, 15) is 0 Å². The van der Waals surface area contributed by atoms with Crippen molar-refractivity contribution in [2.24, 2.45) is 0 Å². The molecule has 0 aromatic heterocycles. The Labute approximate surface area is 45.3 Å². The molecule has 0 fully saturated rings. The fraction of sp³-hybridized carbons (Fsp3) is 0.333. The molecule has 0 aromatic carbocycles. The number of hydrogen-bond acceptors (Lipinski definition) is 0. The highest BCUT2D eigenvalue weighted by Gasteiger charge is 1.95. The van der Waals surface area contributed by atoms with Crippen LogP contribution in [0.15, 0.2) is 23.2 Å². The Hall–Kier alpha value is -0.455. The van der Waals surface area contributed by atoms with Gasteiger partial charge in [-0.15, -0.1) is 0 Å². The van der Waals surface area contributed by atoms with E-state index in [2.05, 4.69) is 26.9 Å². The maximum atomic E-state index is 2.20. The van der Waals surface area contributed by atoms with E-state index < -0.39 is 0 Å². The minimum Gasteiger partial charge on any atom is -0.0900 e. The minimum absolute atomic E-state index is 1.17. The lowest BCUT2D eigenvalue weighted by Gasteiger charge is -1.87. The van der Waals surface area contributed by atoms with E-state index in [0.29, 0.717) is 0 Å². The molecule has 0 radical (unpaired) electrons. The van der Waals surface area contributed by atoms with Gasteiger partial charge in [0.05, 0.1) is 0 Å². The smallest absolute Gasteiger partial charge is 0.0900 e. The number of rotatable bonds is 0. The maximum absolute atomic E-state index is 2.20. The molecular weight excluding hydrogens is 82.9 g/mol. The van der Waals surface area contributed by atoms with Crippen molar-refractivity contribution in [1.82, 2.24) is 0 Å². The summed E-state index contributed by atoms with van der Waals surface area (Å²) in [4.78, 5) is 0. The van der Waals surface area contributed by atoms with Gasteiger partial charge in [0.2, 0.25) is 0 Å². The molecule has 1 aliphatic carbocycles. The fourth-order valence-corrected chi connectivity index (χ4v) is 0.716. The van der Waals surface area contributed by atoms with Gasteiger partial charge in [-0.1, -0.05) is 23.2 Å². The quantitative estimate of drug-likeness (QED) is 0.388. The lowest BCUT2D eigenvalue weighted by atomic mass is 9.94. The van der Waals surface area contributed by atoms with Gasteiger partial charge in [0.25, 0.3) is 0 Å². The first kappa shape index (κ1) is 4.70. The molecule has 1 aliphatic rings. The molecule has 0 saturated carbocycles. The van der Waals surface area contributed by atoms with Crippen molar-refractivity contribution in [1.29, 1.82) is 0 Å². The van der Waals surface area contributed by atoms with Crippen LogP contribution in [0.4, 0.5) is 0 Å². The highest BCUT2D eigenvalue weighted by Crippen LogP contribution is 2.13. The fourth-order valence-electron chi connectivity index (χ4n) is 0.716. The van der Waals surface area contributed by atoms with E-state index >= 15 is 0 Å². The highest BCUT2D eigenvalue weighted by atomic mass is 14.0. The van der Waals surface area contributed by atoms with Gasteiger partial charge >= 0.3 is 0 Å². The van der Waals surface area contributed by atoms with Crippen LogP contribution in [0.5, 0.6) is 0 Å². The Bertz CT molecular complexity index is 131. The van der Waals surface area contributed by atoms with Crippen LogP contribution in [-0.4, -0.2) is 7.85 Å². The van der Waals surface area contributed by atoms with E-state index in [1.165, 1.54) is 17.5 Å². The van der Waals surface area contributed by atoms with Crippen LogP contribution in [-0.2, 0) is 0 Å². The molecule has 1 rings (SSSR count). The van der Waals surface area contributed by atoms with Crippen LogP contribution in [0.2, 0.25) is 0 Å². The summed E-state index contributed by atoms with van der Waals surface area (Å²) in [5, 5.41) is 0. The van der Waals surface area contributed by atoms with Crippen LogP contribution in [0.1, 0.15) is 13.3 Å². The summed E-state index contributed by atoms with van der Waals surface area (Å²) in [5.41, 5.74) is 2.96. The molecular formula is C6H9B. The summed E-state index contributed by atoms with van der Waals surface area (Å²) in [6, 6.07) is 0. The van der Waals surface area contributed by atoms with Crippen molar-refractivity contribution in [2.75, 3.05) is 0 Å². The van der Waals surface area contributed by atoms with Gasteiger partial charge in [0.15, 0.2) is 0 Å². The summed E-state index contributed by atoms with van der Waals surface area (Å²) >= 11 is 0. The molecule has 36 valence electrons. The SMILES string of the molecule is BC1=C(C)CC=C1. The van der Waals surface area contributed by atoms with E-state index in [0.717, 1.165) is 0 Å². The number of allylic oxidation sites excluding steroid dienone is 4. The van der Waals surface area contributed by atoms with Crippen molar-refractivity contribution < 1.29 is 0 Å². The Morgan fingerprint density at radius 2 is 2.43 bits per heavy atom. The molecule has 0 aliphatic heterocycles. The molecule has 7 heavy (non-hydrogen) atoms. The predicted molar refractivity (Wildman–Crippen MR) is 35.0 cm³/mol. The molecule has 0 amide bonds. The van der Waals surface area contributed by atoms with Crippen molar-refractivity contribution in [2.45, 2.75) is 13.3 Å². The first-order valence-corrected chi connectivity index (χ1v) is 2.63. The lowest BCUT2D eigenvalue weighted by molar-refractivity contribution is 1.25. The normalized spacial score (nSPS) is 19.0. The molecule has 0 heterocycles. The molecule has 0 nitrogen and oxygen atoms in total. The summed E-state index contributed by atoms with van der Waals surface area (Å²) in [5.74, 6) is 0. The van der Waals surface area contributed by atoms with E-state index in [1.54, 1.807) is 0 Å². The molecule has 0 aromatic rings. The maximum Gasteiger partial charge on any atom is 0.139 e. The van der Waals surface area contributed by atoms with Gasteiger partial charge in [0.1, 0.15) is 7.85 Å². The molecule has 0 spiro atoms. The van der Waals surface area contributed by atoms with Crippen LogP contribution in [0, 0.1) is 0 Å². The van der Waals surface area contributed by atoms with E-state index in [4.69, 9.17) is 0 Å². The topological polar surface area (TPSA) is 0 Å². The largest absolute Gasteiger partial charge is 0.139 e. The highest BCUT2D eigenvalue weighted by molar-refractivity contribution is 6.24.